The van der Waals surface area contributed by atoms with Gasteiger partial charge in [-0.25, -0.2) is 0 Å². The standard InChI is InChI=1S/C11H16N2/c1-10-5-3-2-4-8-13-9-11(10)6-7-12/h2-5,8-9,13H,6-7,12H2,1H3. The van der Waals surface area contributed by atoms with Gasteiger partial charge < -0.3 is 10.7 Å². The molecule has 0 unspecified atom stereocenters. The highest BCUT2D eigenvalue weighted by molar-refractivity contribution is 5.20. The molecule has 2 nitrogen and oxygen atoms in total. The highest BCUT2D eigenvalue weighted by Gasteiger charge is 1.91. The van der Waals surface area contributed by atoms with Gasteiger partial charge in [0.15, 0.2) is 0 Å². The summed E-state index contributed by atoms with van der Waals surface area (Å²) in [6.07, 6.45) is 4.82. The van der Waals surface area contributed by atoms with E-state index in [2.05, 4.69) is 18.0 Å². The number of hydrogen-bond acceptors (Lipinski definition) is 1. The molecule has 0 saturated carbocycles. The number of nitrogens with one attached hydrogen (secondary N) is 1. The SMILES string of the molecule is Cc1ccccc[nH]cc1CCN. The van der Waals surface area contributed by atoms with Crippen LogP contribution in [0.25, 0.3) is 0 Å². The van der Waals surface area contributed by atoms with Crippen molar-refractivity contribution in [2.75, 3.05) is 6.54 Å². The van der Waals surface area contributed by atoms with E-state index in [0.717, 1.165) is 6.42 Å². The Morgan fingerprint density at radius 2 is 2.15 bits per heavy atom. The van der Waals surface area contributed by atoms with E-state index in [0.29, 0.717) is 6.54 Å². The summed E-state index contributed by atoms with van der Waals surface area (Å²) in [4.78, 5) is 3.10. The second-order valence-electron chi connectivity index (χ2n) is 2.97. The third kappa shape index (κ3) is 3.30. The van der Waals surface area contributed by atoms with Crippen molar-refractivity contribution in [3.05, 3.63) is 47.8 Å². The van der Waals surface area contributed by atoms with Crippen molar-refractivity contribution in [2.24, 2.45) is 5.73 Å². The quantitative estimate of drug-likeness (QED) is 0.710. The van der Waals surface area contributed by atoms with Crippen LogP contribution in [-0.4, -0.2) is 11.5 Å². The second-order valence-corrected chi connectivity index (χ2v) is 2.97. The third-order valence-electron chi connectivity index (χ3n) is 1.94. The molecule has 0 fully saturated rings. The summed E-state index contributed by atoms with van der Waals surface area (Å²) < 4.78 is 0. The van der Waals surface area contributed by atoms with Crippen LogP contribution in [0.2, 0.25) is 0 Å². The average molecular weight is 176 g/mol. The lowest BCUT2D eigenvalue weighted by Crippen LogP contribution is -2.03. The first kappa shape index (κ1) is 9.81. The Labute approximate surface area is 79.1 Å². The van der Waals surface area contributed by atoms with Gasteiger partial charge in [-0.3, -0.25) is 0 Å². The maximum absolute atomic E-state index is 5.52. The Morgan fingerprint density at radius 1 is 1.31 bits per heavy atom. The van der Waals surface area contributed by atoms with Crippen LogP contribution in [0.4, 0.5) is 0 Å². The lowest BCUT2D eigenvalue weighted by molar-refractivity contribution is 0.952. The van der Waals surface area contributed by atoms with Gasteiger partial charge >= 0.3 is 0 Å². The van der Waals surface area contributed by atoms with Gasteiger partial charge in [-0.2, -0.15) is 0 Å². The fourth-order valence-corrected chi connectivity index (χ4v) is 1.17. The van der Waals surface area contributed by atoms with Crippen LogP contribution in [0, 0.1) is 6.92 Å². The number of aryl methyl sites for hydroxylation is 1. The monoisotopic (exact) mass is 176 g/mol. The molecule has 0 spiro atoms. The third-order valence-corrected chi connectivity index (χ3v) is 1.94. The van der Waals surface area contributed by atoms with Crippen LogP contribution in [0.5, 0.6) is 0 Å². The van der Waals surface area contributed by atoms with Gasteiger partial charge in [-0.1, -0.05) is 18.2 Å². The molecule has 0 aliphatic rings. The predicted octanol–water partition coefficient (Wildman–Crippen LogP) is 1.95. The Morgan fingerprint density at radius 3 is 2.92 bits per heavy atom. The first-order valence-corrected chi connectivity index (χ1v) is 4.50. The van der Waals surface area contributed by atoms with Gasteiger partial charge in [-0.05, 0) is 37.1 Å². The summed E-state index contributed by atoms with van der Waals surface area (Å²) in [6, 6.07) is 8.09. The van der Waals surface area contributed by atoms with Crippen molar-refractivity contribution < 1.29 is 0 Å². The van der Waals surface area contributed by atoms with E-state index in [1.54, 1.807) is 0 Å². The number of nitrogens with two attached hydrogens (primary N) is 1. The normalized spacial score (nSPS) is 9.38. The largest absolute Gasteiger partial charge is 0.367 e. The van der Waals surface area contributed by atoms with Gasteiger partial charge in [0.1, 0.15) is 0 Å². The molecule has 2 heteroatoms. The summed E-state index contributed by atoms with van der Waals surface area (Å²) in [5.41, 5.74) is 8.04. The van der Waals surface area contributed by atoms with Crippen molar-refractivity contribution in [3.8, 4) is 0 Å². The zero-order valence-corrected chi connectivity index (χ0v) is 7.96. The van der Waals surface area contributed by atoms with E-state index >= 15 is 0 Å². The van der Waals surface area contributed by atoms with Crippen molar-refractivity contribution in [1.29, 1.82) is 0 Å². The topological polar surface area (TPSA) is 41.8 Å². The molecule has 13 heavy (non-hydrogen) atoms. The molecule has 1 rings (SSSR count). The van der Waals surface area contributed by atoms with E-state index in [1.807, 2.05) is 30.6 Å². The molecule has 0 amide bonds. The van der Waals surface area contributed by atoms with E-state index in [1.165, 1.54) is 11.1 Å². The molecular weight excluding hydrogens is 160 g/mol. The molecule has 0 saturated heterocycles. The summed E-state index contributed by atoms with van der Waals surface area (Å²) >= 11 is 0. The van der Waals surface area contributed by atoms with E-state index < -0.39 is 0 Å². The lowest BCUT2D eigenvalue weighted by Gasteiger charge is -1.98. The Hall–Kier alpha value is -1.28. The zero-order valence-electron chi connectivity index (χ0n) is 7.96. The van der Waals surface area contributed by atoms with Crippen molar-refractivity contribution in [3.63, 3.8) is 0 Å². The number of aromatic nitrogens is 1. The average Bonchev–Trinajstić information content (AvgIpc) is 2.21. The van der Waals surface area contributed by atoms with E-state index in [9.17, 15) is 0 Å². The van der Waals surface area contributed by atoms with Crippen LogP contribution < -0.4 is 5.73 Å². The Balaban J connectivity index is 3.13. The molecule has 0 bridgehead atoms. The lowest BCUT2D eigenvalue weighted by atomic mass is 10.1. The van der Waals surface area contributed by atoms with Crippen LogP contribution in [0.15, 0.2) is 36.7 Å². The Kier molecular flexibility index (Phi) is 4.06. The van der Waals surface area contributed by atoms with Crippen molar-refractivity contribution in [2.45, 2.75) is 13.3 Å². The summed E-state index contributed by atoms with van der Waals surface area (Å²) in [5.74, 6) is 0. The fourth-order valence-electron chi connectivity index (χ4n) is 1.17. The second kappa shape index (κ2) is 5.38. The molecule has 0 aliphatic carbocycles. The smallest absolute Gasteiger partial charge is 0.00399 e. The minimum atomic E-state index is 0.687. The molecular formula is C11H16N2. The number of aromatic amines is 1. The molecule has 1 aromatic heterocycles. The summed E-state index contributed by atoms with van der Waals surface area (Å²) in [5, 5.41) is 0. The van der Waals surface area contributed by atoms with Gasteiger partial charge in [-0.15, -0.1) is 0 Å². The number of hydrogen-bond donors (Lipinski definition) is 2. The molecule has 1 aromatic rings. The highest BCUT2D eigenvalue weighted by atomic mass is 14.6. The fraction of sp³-hybridized carbons (Fsp3) is 0.273. The van der Waals surface area contributed by atoms with Gasteiger partial charge in [0, 0.05) is 12.4 Å². The summed E-state index contributed by atoms with van der Waals surface area (Å²) in [6.45, 7) is 2.78. The zero-order chi connectivity index (χ0) is 9.52. The molecule has 0 aromatic carbocycles. The van der Waals surface area contributed by atoms with E-state index in [-0.39, 0.29) is 0 Å². The molecule has 0 aliphatic heterocycles. The maximum atomic E-state index is 5.52. The molecule has 0 radical (unpaired) electrons. The predicted molar refractivity (Wildman–Crippen MR) is 55.9 cm³/mol. The summed E-state index contributed by atoms with van der Waals surface area (Å²) in [7, 11) is 0. The highest BCUT2D eigenvalue weighted by Crippen LogP contribution is 2.02. The van der Waals surface area contributed by atoms with Gasteiger partial charge in [0.25, 0.3) is 0 Å². The van der Waals surface area contributed by atoms with Crippen molar-refractivity contribution in [1.82, 2.24) is 4.98 Å². The first-order valence-electron chi connectivity index (χ1n) is 4.50. The van der Waals surface area contributed by atoms with Crippen LogP contribution >= 0.6 is 0 Å². The van der Waals surface area contributed by atoms with Crippen LogP contribution in [0.1, 0.15) is 11.1 Å². The van der Waals surface area contributed by atoms with E-state index in [4.69, 9.17) is 5.73 Å². The number of rotatable bonds is 2. The molecule has 1 heterocycles. The minimum Gasteiger partial charge on any atom is -0.367 e. The van der Waals surface area contributed by atoms with Gasteiger partial charge in [0.2, 0.25) is 0 Å². The molecule has 0 atom stereocenters. The first-order chi connectivity index (χ1) is 6.34. The van der Waals surface area contributed by atoms with Crippen molar-refractivity contribution >= 4 is 0 Å². The Bertz CT molecular complexity index is 301. The molecule has 3 N–H and O–H groups in total. The molecule has 70 valence electrons. The number of H-pyrrole nitrogens is 1. The van der Waals surface area contributed by atoms with Gasteiger partial charge in [0.05, 0.1) is 0 Å². The van der Waals surface area contributed by atoms with Crippen LogP contribution in [-0.2, 0) is 6.42 Å². The maximum Gasteiger partial charge on any atom is 0.00399 e. The minimum absolute atomic E-state index is 0.687. The van der Waals surface area contributed by atoms with Crippen LogP contribution in [0.3, 0.4) is 0 Å².